The third-order valence-electron chi connectivity index (χ3n) is 3.51. The number of nitrogens with zero attached hydrogens (tertiary/aromatic N) is 2. The Morgan fingerprint density at radius 2 is 2.04 bits per heavy atom. The number of nitrogens with one attached hydrogen (secondary N) is 1. The number of hydrogen-bond donors (Lipinski definition) is 2. The van der Waals surface area contributed by atoms with Gasteiger partial charge in [-0.2, -0.15) is 23.6 Å². The molecule has 2 N–H and O–H groups in total. The number of rotatable bonds is 4. The Hall–Kier alpha value is -2.87. The molecule has 1 aromatic heterocycles. The Balaban J connectivity index is 1.75. The zero-order valence-corrected chi connectivity index (χ0v) is 12.5. The first kappa shape index (κ1) is 17.9. The van der Waals surface area contributed by atoms with Crippen molar-refractivity contribution in [1.29, 1.82) is 0 Å². The second-order valence-electron chi connectivity index (χ2n) is 5.15. The highest BCUT2D eigenvalue weighted by molar-refractivity contribution is 5.76. The van der Waals surface area contributed by atoms with Crippen LogP contribution in [0.4, 0.5) is 23.8 Å². The number of aliphatic hydroxyl groups is 1. The summed E-state index contributed by atoms with van der Waals surface area (Å²) in [7, 11) is 0. The van der Waals surface area contributed by atoms with Gasteiger partial charge in [-0.3, -0.25) is 4.57 Å². The molecule has 2 aliphatic heterocycles. The highest BCUT2D eigenvalue weighted by Gasteiger charge is 2.55. The summed E-state index contributed by atoms with van der Waals surface area (Å²) < 4.78 is 52.1. The number of aliphatic hydroxyl groups excluding tert-OH is 1. The van der Waals surface area contributed by atoms with Gasteiger partial charge in [0.2, 0.25) is 0 Å². The molecule has 26 heavy (non-hydrogen) atoms. The minimum atomic E-state index is -5.22. The van der Waals surface area contributed by atoms with Crippen LogP contribution in [0.2, 0.25) is 0 Å². The molecule has 0 aromatic carbocycles. The molecule has 0 radical (unpaired) electrons. The Kier molecular flexibility index (Phi) is 4.45. The van der Waals surface area contributed by atoms with E-state index in [9.17, 15) is 32.7 Å². The summed E-state index contributed by atoms with van der Waals surface area (Å²) in [4.78, 5) is 41.0. The third kappa shape index (κ3) is 3.28. The number of ether oxygens (including phenoxy) is 3. The topological polar surface area (TPSA) is 138 Å². The quantitative estimate of drug-likeness (QED) is 0.517. The maximum Gasteiger partial charge on any atom is 0.509 e. The molecular formula is C12H10F3N3O8. The normalized spacial score (nSPS) is 27.5. The second-order valence-corrected chi connectivity index (χ2v) is 5.15. The Labute approximate surface area is 141 Å². The molecule has 3 heterocycles. The van der Waals surface area contributed by atoms with Crippen molar-refractivity contribution in [2.24, 2.45) is 0 Å². The lowest BCUT2D eigenvalue weighted by molar-refractivity contribution is -0.196. The largest absolute Gasteiger partial charge is 0.509 e. The van der Waals surface area contributed by atoms with Crippen LogP contribution in [0.5, 0.6) is 0 Å². The fraction of sp³-hybridized carbons (Fsp3) is 0.500. The number of aromatic nitrogens is 2. The van der Waals surface area contributed by atoms with Crippen molar-refractivity contribution in [2.75, 3.05) is 12.1 Å². The van der Waals surface area contributed by atoms with E-state index >= 15 is 0 Å². The van der Waals surface area contributed by atoms with Crippen LogP contribution in [0.25, 0.3) is 0 Å². The van der Waals surface area contributed by atoms with Gasteiger partial charge in [-0.05, 0) is 0 Å². The van der Waals surface area contributed by atoms with Gasteiger partial charge in [0, 0.05) is 12.3 Å². The second kappa shape index (κ2) is 6.45. The molecule has 0 bridgehead atoms. The first-order chi connectivity index (χ1) is 12.2. The monoisotopic (exact) mass is 381 g/mol. The molecule has 0 aliphatic carbocycles. The van der Waals surface area contributed by atoms with E-state index in [-0.39, 0.29) is 0 Å². The molecular weight excluding hydrogens is 371 g/mol. The first-order valence-electron chi connectivity index (χ1n) is 6.97. The minimum absolute atomic E-state index is 0.475. The smallest absolute Gasteiger partial charge is 0.424 e. The van der Waals surface area contributed by atoms with E-state index in [1.54, 1.807) is 5.48 Å². The van der Waals surface area contributed by atoms with Crippen molar-refractivity contribution in [3.63, 3.8) is 0 Å². The molecule has 1 aromatic rings. The molecule has 11 nitrogen and oxygen atoms in total. The van der Waals surface area contributed by atoms with Crippen LogP contribution >= 0.6 is 0 Å². The van der Waals surface area contributed by atoms with Gasteiger partial charge in [0.25, 0.3) is 0 Å². The van der Waals surface area contributed by atoms with Crippen LogP contribution in [-0.4, -0.2) is 57.9 Å². The Bertz CT molecular complexity index is 782. The van der Waals surface area contributed by atoms with Gasteiger partial charge in [0.15, 0.2) is 24.3 Å². The summed E-state index contributed by atoms with van der Waals surface area (Å²) in [5.41, 5.74) is 0.587. The van der Waals surface area contributed by atoms with Gasteiger partial charge in [-0.1, -0.05) is 0 Å². The van der Waals surface area contributed by atoms with E-state index in [4.69, 9.17) is 14.2 Å². The van der Waals surface area contributed by atoms with Gasteiger partial charge in [0.1, 0.15) is 6.10 Å². The van der Waals surface area contributed by atoms with Crippen LogP contribution in [0.15, 0.2) is 17.1 Å². The maximum absolute atomic E-state index is 12.1. The summed E-state index contributed by atoms with van der Waals surface area (Å²) in [6.45, 7) is -0.510. The highest BCUT2D eigenvalue weighted by atomic mass is 19.4. The molecule has 3 rings (SSSR count). The molecule has 0 saturated carbocycles. The van der Waals surface area contributed by atoms with Gasteiger partial charge in [0.05, 0.1) is 6.61 Å². The number of alkyl halides is 3. The standard InChI is InChI=1S/C12H10F3N3O8/c13-12(14,15)9(20)26-17-5-1-2-18(10(21)16-5)8-7-6(4(3-19)23-8)24-11(22)25-7/h1-2,4,6-8,19H,3H2,(H,16,17,21)/t4-,6-,7-,8-/m1/s1. The lowest BCUT2D eigenvalue weighted by atomic mass is 10.1. The summed E-state index contributed by atoms with van der Waals surface area (Å²) in [5.74, 6) is -3.00. The van der Waals surface area contributed by atoms with E-state index in [0.29, 0.717) is 0 Å². The van der Waals surface area contributed by atoms with E-state index < -0.39 is 61.0 Å². The van der Waals surface area contributed by atoms with Crippen LogP contribution in [0, 0.1) is 0 Å². The third-order valence-corrected chi connectivity index (χ3v) is 3.51. The Morgan fingerprint density at radius 3 is 2.65 bits per heavy atom. The maximum atomic E-state index is 12.1. The molecule has 0 amide bonds. The molecule has 2 aliphatic rings. The average molecular weight is 381 g/mol. The van der Waals surface area contributed by atoms with Crippen LogP contribution < -0.4 is 11.2 Å². The van der Waals surface area contributed by atoms with Crippen molar-refractivity contribution in [1.82, 2.24) is 9.55 Å². The van der Waals surface area contributed by atoms with Crippen LogP contribution in [-0.2, 0) is 23.8 Å². The molecule has 2 fully saturated rings. The van der Waals surface area contributed by atoms with Gasteiger partial charge < -0.3 is 24.2 Å². The summed E-state index contributed by atoms with van der Waals surface area (Å²) >= 11 is 0. The van der Waals surface area contributed by atoms with E-state index in [2.05, 4.69) is 9.82 Å². The van der Waals surface area contributed by atoms with E-state index in [1.807, 2.05) is 0 Å². The lowest BCUT2D eigenvalue weighted by Gasteiger charge is -2.17. The van der Waals surface area contributed by atoms with Crippen LogP contribution in [0.3, 0.4) is 0 Å². The number of fused-ring (bicyclic) bond motifs is 1. The van der Waals surface area contributed by atoms with Crippen molar-refractivity contribution in [3.8, 4) is 0 Å². The number of anilines is 1. The first-order valence-corrected chi connectivity index (χ1v) is 6.97. The number of carbonyl (C=O) groups is 2. The molecule has 0 spiro atoms. The van der Waals surface area contributed by atoms with E-state index in [1.165, 1.54) is 0 Å². The average Bonchev–Trinajstić information content (AvgIpc) is 3.09. The molecule has 2 saturated heterocycles. The SMILES string of the molecule is O=C1O[C@@H]2[C@H](O1)[C@@H](CO)O[C@H]2n1ccc(NOC(=O)C(F)(F)F)nc1=O. The van der Waals surface area contributed by atoms with Crippen molar-refractivity contribution >= 4 is 17.9 Å². The summed E-state index contributed by atoms with van der Waals surface area (Å²) in [6.07, 6.45) is -9.22. The summed E-state index contributed by atoms with van der Waals surface area (Å²) in [6, 6.07) is 1.02. The fourth-order valence-corrected chi connectivity index (χ4v) is 2.42. The number of halogens is 3. The van der Waals surface area contributed by atoms with Crippen molar-refractivity contribution < 1.29 is 46.9 Å². The Morgan fingerprint density at radius 1 is 1.35 bits per heavy atom. The number of carbonyl (C=O) groups excluding carboxylic acids is 2. The van der Waals surface area contributed by atoms with Crippen molar-refractivity contribution in [2.45, 2.75) is 30.7 Å². The zero-order chi connectivity index (χ0) is 19.1. The lowest BCUT2D eigenvalue weighted by Crippen LogP contribution is -2.34. The number of hydrogen-bond acceptors (Lipinski definition) is 10. The van der Waals surface area contributed by atoms with Crippen LogP contribution in [0.1, 0.15) is 6.23 Å². The zero-order valence-electron chi connectivity index (χ0n) is 12.5. The predicted molar refractivity (Wildman–Crippen MR) is 70.4 cm³/mol. The van der Waals surface area contributed by atoms with E-state index in [0.717, 1.165) is 16.8 Å². The van der Waals surface area contributed by atoms with Gasteiger partial charge >= 0.3 is 24.0 Å². The van der Waals surface area contributed by atoms with Crippen molar-refractivity contribution in [3.05, 3.63) is 22.7 Å². The molecule has 142 valence electrons. The predicted octanol–water partition coefficient (Wildman–Crippen LogP) is -0.531. The summed E-state index contributed by atoms with van der Waals surface area (Å²) in [5, 5.41) is 9.24. The highest BCUT2D eigenvalue weighted by Crippen LogP contribution is 2.37. The molecule has 4 atom stereocenters. The van der Waals surface area contributed by atoms with Gasteiger partial charge in [-0.25, -0.2) is 14.4 Å². The molecule has 0 unspecified atom stereocenters. The molecule has 14 heteroatoms. The fourth-order valence-electron chi connectivity index (χ4n) is 2.42. The minimum Gasteiger partial charge on any atom is -0.424 e. The van der Waals surface area contributed by atoms with Gasteiger partial charge in [-0.15, -0.1) is 0 Å².